The number of nitrogens with one attached hydrogen (secondary N) is 1. The van der Waals surface area contributed by atoms with Gasteiger partial charge in [0.1, 0.15) is 0 Å². The summed E-state index contributed by atoms with van der Waals surface area (Å²) in [6.07, 6.45) is 0. The molecule has 11 rings (SSSR count). The van der Waals surface area contributed by atoms with Crippen LogP contribution in [0.5, 0.6) is 0 Å². The Bertz CT molecular complexity index is 3030. The normalized spacial score (nSPS) is 13.3. The first-order valence-electron chi connectivity index (χ1n) is 20.8. The molecular formula is C57H45N. The zero-order valence-electron chi connectivity index (χ0n) is 33.5. The molecule has 58 heavy (non-hydrogen) atoms. The molecule has 2 aliphatic carbocycles. The molecule has 9 aromatic rings. The summed E-state index contributed by atoms with van der Waals surface area (Å²) < 4.78 is 0. The van der Waals surface area contributed by atoms with Crippen molar-refractivity contribution >= 4 is 32.9 Å². The Hall–Kier alpha value is -6.70. The second-order valence-electron chi connectivity index (χ2n) is 17.0. The minimum absolute atomic E-state index is 0.389. The second-order valence-corrected chi connectivity index (χ2v) is 17.0. The van der Waals surface area contributed by atoms with E-state index >= 15 is 0 Å². The van der Waals surface area contributed by atoms with E-state index in [1.165, 1.54) is 99.4 Å². The Morgan fingerprint density at radius 1 is 0.328 bits per heavy atom. The molecule has 0 aromatic heterocycles. The molecule has 0 fully saturated rings. The number of hydrogen-bond acceptors (Lipinski definition) is 1. The maximum atomic E-state index is 3.82. The van der Waals surface area contributed by atoms with Crippen LogP contribution in [0.2, 0.25) is 0 Å². The Morgan fingerprint density at radius 2 is 0.759 bits per heavy atom. The molecule has 0 amide bonds. The molecule has 1 nitrogen and oxygen atoms in total. The van der Waals surface area contributed by atoms with Crippen molar-refractivity contribution in [3.05, 3.63) is 215 Å². The summed E-state index contributed by atoms with van der Waals surface area (Å²) in [5.41, 5.74) is 20.4. The lowest BCUT2D eigenvalue weighted by Gasteiger charge is -2.31. The van der Waals surface area contributed by atoms with Gasteiger partial charge in [0, 0.05) is 11.4 Å². The van der Waals surface area contributed by atoms with Crippen LogP contribution < -0.4 is 5.32 Å². The second kappa shape index (κ2) is 13.2. The molecule has 0 radical (unpaired) electrons. The van der Waals surface area contributed by atoms with Gasteiger partial charge in [0.25, 0.3) is 0 Å². The molecule has 0 aliphatic heterocycles. The highest BCUT2D eigenvalue weighted by molar-refractivity contribution is 5.97. The predicted octanol–water partition coefficient (Wildman–Crippen LogP) is 15.7. The third-order valence-electron chi connectivity index (χ3n) is 13.0. The summed E-state index contributed by atoms with van der Waals surface area (Å²) in [5.74, 6) is 0.876. The zero-order valence-corrected chi connectivity index (χ0v) is 33.5. The lowest BCUT2D eigenvalue weighted by molar-refractivity contribution is 0.777. The van der Waals surface area contributed by atoms with Crippen molar-refractivity contribution in [3.63, 3.8) is 0 Å². The van der Waals surface area contributed by atoms with E-state index < -0.39 is 0 Å². The van der Waals surface area contributed by atoms with Gasteiger partial charge in [-0.3, -0.25) is 0 Å². The van der Waals surface area contributed by atoms with Crippen molar-refractivity contribution in [1.82, 2.24) is 0 Å². The van der Waals surface area contributed by atoms with Crippen LogP contribution in [0.1, 0.15) is 72.9 Å². The van der Waals surface area contributed by atoms with E-state index in [-0.39, 0.29) is 5.41 Å². The Labute approximate surface area is 341 Å². The fourth-order valence-corrected chi connectivity index (χ4v) is 9.90. The number of rotatable bonds is 6. The number of hydrogen-bond donors (Lipinski definition) is 1. The third-order valence-corrected chi connectivity index (χ3v) is 13.0. The first-order valence-corrected chi connectivity index (χ1v) is 20.8. The average molecular weight is 744 g/mol. The molecule has 1 heteroatoms. The van der Waals surface area contributed by atoms with Gasteiger partial charge in [-0.2, -0.15) is 0 Å². The Balaban J connectivity index is 0.941. The predicted molar refractivity (Wildman–Crippen MR) is 247 cm³/mol. The molecule has 2 aliphatic rings. The van der Waals surface area contributed by atoms with Crippen molar-refractivity contribution < 1.29 is 0 Å². The zero-order chi connectivity index (χ0) is 39.1. The molecule has 0 unspecified atom stereocenters. The summed E-state index contributed by atoms with van der Waals surface area (Å²) in [6.45, 7) is 9.22. The first-order chi connectivity index (χ1) is 28.3. The van der Waals surface area contributed by atoms with Crippen molar-refractivity contribution in [2.75, 3.05) is 5.32 Å². The van der Waals surface area contributed by atoms with Crippen LogP contribution in [-0.2, 0) is 5.41 Å². The summed E-state index contributed by atoms with van der Waals surface area (Å²) >= 11 is 0. The molecule has 9 aromatic carbocycles. The fourth-order valence-electron chi connectivity index (χ4n) is 9.90. The van der Waals surface area contributed by atoms with Crippen LogP contribution >= 0.6 is 0 Å². The number of fused-ring (bicyclic) bond motifs is 12. The van der Waals surface area contributed by atoms with Crippen molar-refractivity contribution in [3.8, 4) is 44.5 Å². The third kappa shape index (κ3) is 5.30. The molecule has 0 saturated heterocycles. The minimum Gasteiger partial charge on any atom is -0.356 e. The lowest BCUT2D eigenvalue weighted by atomic mass is 9.69. The highest BCUT2D eigenvalue weighted by Gasteiger charge is 2.52. The SMILES string of the molecule is CC(C)c1ccc2c(c1)C1(c3ccccc3-c3ccc(Nc4ccc(-c5ccc6cc(-c7ccc8ccccc8c7)ccc6c5)cc4)cc31)c1cc(C(C)C)ccc1-2. The van der Waals surface area contributed by atoms with Gasteiger partial charge in [-0.05, 0) is 154 Å². The summed E-state index contributed by atoms with van der Waals surface area (Å²) in [7, 11) is 0. The van der Waals surface area contributed by atoms with Gasteiger partial charge < -0.3 is 5.32 Å². The smallest absolute Gasteiger partial charge is 0.0726 e. The molecule has 0 heterocycles. The monoisotopic (exact) mass is 743 g/mol. The van der Waals surface area contributed by atoms with Crippen LogP contribution in [0.4, 0.5) is 11.4 Å². The van der Waals surface area contributed by atoms with E-state index in [1.807, 2.05) is 0 Å². The Morgan fingerprint density at radius 3 is 1.36 bits per heavy atom. The number of benzene rings is 9. The molecular weight excluding hydrogens is 699 g/mol. The van der Waals surface area contributed by atoms with Crippen molar-refractivity contribution in [2.24, 2.45) is 0 Å². The molecule has 0 bridgehead atoms. The Kier molecular flexibility index (Phi) is 7.85. The van der Waals surface area contributed by atoms with Crippen LogP contribution in [0, 0.1) is 0 Å². The maximum Gasteiger partial charge on any atom is 0.0726 e. The van der Waals surface area contributed by atoms with Gasteiger partial charge in [0.2, 0.25) is 0 Å². The minimum atomic E-state index is -0.389. The fraction of sp³-hybridized carbons (Fsp3) is 0.123. The van der Waals surface area contributed by atoms with Gasteiger partial charge >= 0.3 is 0 Å². The van der Waals surface area contributed by atoms with E-state index in [2.05, 4.69) is 215 Å². The van der Waals surface area contributed by atoms with Gasteiger partial charge in [-0.25, -0.2) is 0 Å². The van der Waals surface area contributed by atoms with Crippen molar-refractivity contribution in [1.29, 1.82) is 0 Å². The average Bonchev–Trinajstić information content (AvgIpc) is 3.72. The van der Waals surface area contributed by atoms with Crippen LogP contribution in [0.3, 0.4) is 0 Å². The highest BCUT2D eigenvalue weighted by Crippen LogP contribution is 2.63. The lowest BCUT2D eigenvalue weighted by Crippen LogP contribution is -2.26. The van der Waals surface area contributed by atoms with E-state index in [4.69, 9.17) is 0 Å². The summed E-state index contributed by atoms with van der Waals surface area (Å²) in [4.78, 5) is 0. The van der Waals surface area contributed by atoms with Crippen molar-refractivity contribution in [2.45, 2.75) is 44.9 Å². The van der Waals surface area contributed by atoms with Crippen LogP contribution in [-0.4, -0.2) is 0 Å². The van der Waals surface area contributed by atoms with Gasteiger partial charge in [-0.15, -0.1) is 0 Å². The molecule has 0 saturated carbocycles. The van der Waals surface area contributed by atoms with E-state index in [0.29, 0.717) is 11.8 Å². The molecule has 0 atom stereocenters. The molecule has 1 spiro atoms. The van der Waals surface area contributed by atoms with Gasteiger partial charge in [0.05, 0.1) is 5.41 Å². The first kappa shape index (κ1) is 34.5. The van der Waals surface area contributed by atoms with E-state index in [1.54, 1.807) is 0 Å². The van der Waals surface area contributed by atoms with Crippen LogP contribution in [0.25, 0.3) is 66.1 Å². The standard InChI is InChI=1S/C57H45N/c1-35(2)39-21-26-50-51-27-22-40(36(3)4)33-55(51)57(54(50)32-39)53-12-8-7-11-49(53)52-28-25-48(34-56(52)57)58-47-23-19-38(20-24-47)42-15-16-45-31-46(18-17-44(45)30-42)43-14-13-37-9-5-6-10-41(37)29-43/h5-36,58H,1-4H3. The largest absolute Gasteiger partial charge is 0.356 e. The van der Waals surface area contributed by atoms with Crippen LogP contribution in [0.15, 0.2) is 182 Å². The van der Waals surface area contributed by atoms with Gasteiger partial charge in [0.15, 0.2) is 0 Å². The maximum absolute atomic E-state index is 3.82. The summed E-state index contributed by atoms with van der Waals surface area (Å²) in [5, 5.41) is 8.84. The van der Waals surface area contributed by atoms with E-state index in [0.717, 1.165) is 11.4 Å². The van der Waals surface area contributed by atoms with E-state index in [9.17, 15) is 0 Å². The molecule has 1 N–H and O–H groups in total. The van der Waals surface area contributed by atoms with Gasteiger partial charge in [-0.1, -0.05) is 167 Å². The highest BCUT2D eigenvalue weighted by atomic mass is 14.9. The topological polar surface area (TPSA) is 12.0 Å². The number of anilines is 2. The molecule has 278 valence electrons. The quantitative estimate of drug-likeness (QED) is 0.179. The summed E-state index contributed by atoms with van der Waals surface area (Å²) in [6, 6.07) is 68.4.